The molecular formula is C21H27BrN4O2. The molecule has 150 valence electrons. The first kappa shape index (κ1) is 20.6. The van der Waals surface area contributed by atoms with Gasteiger partial charge in [0.15, 0.2) is 0 Å². The van der Waals surface area contributed by atoms with Gasteiger partial charge >= 0.3 is 0 Å². The van der Waals surface area contributed by atoms with Gasteiger partial charge < -0.3 is 15.0 Å². The zero-order valence-corrected chi connectivity index (χ0v) is 18.2. The fraction of sp³-hybridized carbons (Fsp3) is 0.476. The molecule has 6 nitrogen and oxygen atoms in total. The number of hydrogen-bond acceptors (Lipinski definition) is 5. The molecule has 0 atom stereocenters. The second-order valence-electron chi connectivity index (χ2n) is 7.77. The SMILES string of the molecule is COc1ccnc(N2CCC(C(=O)NCC(C)(C)c3ccc(Br)cc3)CC2)n1. The third-order valence-corrected chi connectivity index (χ3v) is 5.83. The van der Waals surface area contributed by atoms with Gasteiger partial charge in [0.25, 0.3) is 0 Å². The molecule has 3 rings (SSSR count). The Bertz CT molecular complexity index is 802. The van der Waals surface area contributed by atoms with Crippen LogP contribution < -0.4 is 15.0 Å². The minimum atomic E-state index is -0.120. The van der Waals surface area contributed by atoms with Gasteiger partial charge in [0.05, 0.1) is 7.11 Å². The zero-order valence-electron chi connectivity index (χ0n) is 16.6. The molecule has 1 aliphatic heterocycles. The molecule has 1 N–H and O–H groups in total. The van der Waals surface area contributed by atoms with Gasteiger partial charge in [-0.3, -0.25) is 4.79 Å². The van der Waals surface area contributed by atoms with Crippen molar-refractivity contribution in [1.82, 2.24) is 15.3 Å². The van der Waals surface area contributed by atoms with E-state index in [1.54, 1.807) is 19.4 Å². The van der Waals surface area contributed by atoms with Gasteiger partial charge in [0.2, 0.25) is 17.7 Å². The van der Waals surface area contributed by atoms with Crippen LogP contribution in [0, 0.1) is 5.92 Å². The largest absolute Gasteiger partial charge is 0.481 e. The van der Waals surface area contributed by atoms with Crippen molar-refractivity contribution in [3.63, 3.8) is 0 Å². The van der Waals surface area contributed by atoms with Crippen molar-refractivity contribution in [3.05, 3.63) is 46.6 Å². The van der Waals surface area contributed by atoms with Crippen LogP contribution in [0.1, 0.15) is 32.3 Å². The van der Waals surface area contributed by atoms with Crippen molar-refractivity contribution >= 4 is 27.8 Å². The molecule has 0 spiro atoms. The first-order chi connectivity index (χ1) is 13.4. The van der Waals surface area contributed by atoms with Crippen LogP contribution in [0.4, 0.5) is 5.95 Å². The van der Waals surface area contributed by atoms with E-state index in [2.05, 4.69) is 62.1 Å². The van der Waals surface area contributed by atoms with Crippen LogP contribution in [-0.2, 0) is 10.2 Å². The molecule has 0 unspecified atom stereocenters. The van der Waals surface area contributed by atoms with Crippen LogP contribution in [0.5, 0.6) is 5.88 Å². The molecule has 0 radical (unpaired) electrons. The van der Waals surface area contributed by atoms with Crippen LogP contribution >= 0.6 is 15.9 Å². The van der Waals surface area contributed by atoms with Crippen LogP contribution in [-0.4, -0.2) is 42.6 Å². The summed E-state index contributed by atoms with van der Waals surface area (Å²) in [6.45, 7) is 6.45. The fourth-order valence-corrected chi connectivity index (χ4v) is 3.66. The summed E-state index contributed by atoms with van der Waals surface area (Å²) in [7, 11) is 1.60. The number of carbonyl (C=O) groups excluding carboxylic acids is 1. The van der Waals surface area contributed by atoms with E-state index in [-0.39, 0.29) is 17.2 Å². The van der Waals surface area contributed by atoms with Crippen molar-refractivity contribution in [1.29, 1.82) is 0 Å². The normalized spacial score (nSPS) is 15.4. The molecule has 0 bridgehead atoms. The van der Waals surface area contributed by atoms with E-state index in [0.29, 0.717) is 18.4 Å². The topological polar surface area (TPSA) is 67.3 Å². The average molecular weight is 447 g/mol. The Labute approximate surface area is 174 Å². The van der Waals surface area contributed by atoms with Crippen LogP contribution in [0.3, 0.4) is 0 Å². The number of ether oxygens (including phenoxy) is 1. The van der Waals surface area contributed by atoms with E-state index in [9.17, 15) is 4.79 Å². The number of rotatable bonds is 6. The molecular weight excluding hydrogens is 420 g/mol. The Kier molecular flexibility index (Phi) is 6.54. The number of anilines is 1. The van der Waals surface area contributed by atoms with Gasteiger partial charge in [0.1, 0.15) is 0 Å². The average Bonchev–Trinajstić information content (AvgIpc) is 2.72. The van der Waals surface area contributed by atoms with E-state index in [1.165, 1.54) is 5.56 Å². The van der Waals surface area contributed by atoms with Gasteiger partial charge in [-0.25, -0.2) is 4.98 Å². The second-order valence-corrected chi connectivity index (χ2v) is 8.68. The van der Waals surface area contributed by atoms with E-state index >= 15 is 0 Å². The quantitative estimate of drug-likeness (QED) is 0.734. The van der Waals surface area contributed by atoms with Gasteiger partial charge in [-0.05, 0) is 30.5 Å². The van der Waals surface area contributed by atoms with E-state index < -0.39 is 0 Å². The van der Waals surface area contributed by atoms with E-state index in [0.717, 1.165) is 30.4 Å². The van der Waals surface area contributed by atoms with Crippen LogP contribution in [0.15, 0.2) is 41.0 Å². The molecule has 1 fully saturated rings. The predicted octanol–water partition coefficient (Wildman–Crippen LogP) is 3.56. The molecule has 1 aromatic carbocycles. The summed E-state index contributed by atoms with van der Waals surface area (Å²) >= 11 is 3.47. The van der Waals surface area contributed by atoms with Crippen molar-refractivity contribution in [2.24, 2.45) is 5.92 Å². The smallest absolute Gasteiger partial charge is 0.228 e. The number of aromatic nitrogens is 2. The molecule has 0 saturated carbocycles. The minimum absolute atomic E-state index is 0.0302. The lowest BCUT2D eigenvalue weighted by Gasteiger charge is -2.32. The number of piperidine rings is 1. The number of benzene rings is 1. The van der Waals surface area contributed by atoms with Crippen LogP contribution in [0.2, 0.25) is 0 Å². The first-order valence-corrected chi connectivity index (χ1v) is 10.3. The summed E-state index contributed by atoms with van der Waals surface area (Å²) in [4.78, 5) is 23.5. The molecule has 1 aliphatic rings. The number of nitrogens with one attached hydrogen (secondary N) is 1. The van der Waals surface area contributed by atoms with Crippen molar-refractivity contribution in [2.45, 2.75) is 32.1 Å². The highest BCUT2D eigenvalue weighted by molar-refractivity contribution is 9.10. The highest BCUT2D eigenvalue weighted by atomic mass is 79.9. The maximum Gasteiger partial charge on any atom is 0.228 e. The molecule has 2 aromatic rings. The van der Waals surface area contributed by atoms with Gasteiger partial charge in [-0.1, -0.05) is 41.9 Å². The molecule has 1 amide bonds. The Balaban J connectivity index is 1.51. The van der Waals surface area contributed by atoms with Crippen molar-refractivity contribution in [3.8, 4) is 5.88 Å². The second kappa shape index (κ2) is 8.90. The molecule has 1 saturated heterocycles. The Morgan fingerprint density at radius 1 is 1.25 bits per heavy atom. The highest BCUT2D eigenvalue weighted by Gasteiger charge is 2.28. The Morgan fingerprint density at radius 2 is 1.93 bits per heavy atom. The maximum absolute atomic E-state index is 12.7. The summed E-state index contributed by atoms with van der Waals surface area (Å²) < 4.78 is 6.23. The summed E-state index contributed by atoms with van der Waals surface area (Å²) in [6.07, 6.45) is 3.29. The van der Waals surface area contributed by atoms with Gasteiger partial charge in [-0.15, -0.1) is 0 Å². The minimum Gasteiger partial charge on any atom is -0.481 e. The standard InChI is InChI=1S/C21H27BrN4O2/c1-21(2,16-4-6-17(22)7-5-16)14-24-19(27)15-9-12-26(13-10-15)20-23-11-8-18(25-20)28-3/h4-8,11,15H,9-10,12-14H2,1-3H3,(H,24,27). The Morgan fingerprint density at radius 3 is 2.57 bits per heavy atom. The number of methoxy groups -OCH3 is 1. The number of nitrogens with zero attached hydrogens (tertiary/aromatic N) is 3. The summed E-state index contributed by atoms with van der Waals surface area (Å²) in [6, 6.07) is 10.0. The zero-order chi connectivity index (χ0) is 20.1. The lowest BCUT2D eigenvalue weighted by molar-refractivity contribution is -0.125. The third-order valence-electron chi connectivity index (χ3n) is 5.31. The molecule has 28 heavy (non-hydrogen) atoms. The lowest BCUT2D eigenvalue weighted by Crippen LogP contribution is -2.44. The molecule has 1 aromatic heterocycles. The van der Waals surface area contributed by atoms with Gasteiger partial charge in [-0.2, -0.15) is 4.98 Å². The summed E-state index contributed by atoms with van der Waals surface area (Å²) in [5.74, 6) is 1.38. The molecule has 7 heteroatoms. The third kappa shape index (κ3) is 5.01. The number of halogens is 1. The van der Waals surface area contributed by atoms with Crippen molar-refractivity contribution in [2.75, 3.05) is 31.6 Å². The predicted molar refractivity (Wildman–Crippen MR) is 114 cm³/mol. The molecule has 0 aliphatic carbocycles. The lowest BCUT2D eigenvalue weighted by atomic mass is 9.84. The van der Waals surface area contributed by atoms with Crippen LogP contribution in [0.25, 0.3) is 0 Å². The monoisotopic (exact) mass is 446 g/mol. The highest BCUT2D eigenvalue weighted by Crippen LogP contribution is 2.25. The number of carbonyl (C=O) groups is 1. The maximum atomic E-state index is 12.7. The van der Waals surface area contributed by atoms with Gasteiger partial charge in [0, 0.05) is 47.7 Å². The Hall–Kier alpha value is -2.15. The summed E-state index contributed by atoms with van der Waals surface area (Å²) in [5.41, 5.74) is 1.09. The molecule has 2 heterocycles. The van der Waals surface area contributed by atoms with E-state index in [4.69, 9.17) is 4.74 Å². The van der Waals surface area contributed by atoms with E-state index in [1.807, 2.05) is 12.1 Å². The number of amides is 1. The first-order valence-electron chi connectivity index (χ1n) is 9.55. The van der Waals surface area contributed by atoms with Crippen molar-refractivity contribution < 1.29 is 9.53 Å². The summed E-state index contributed by atoms with van der Waals surface area (Å²) in [5, 5.41) is 3.16. The fourth-order valence-electron chi connectivity index (χ4n) is 3.40. The number of hydrogen-bond donors (Lipinski definition) is 1.